The van der Waals surface area contributed by atoms with Crippen LogP contribution in [0.2, 0.25) is 0 Å². The molecular weight excluding hydrogens is 476 g/mol. The summed E-state index contributed by atoms with van der Waals surface area (Å²) in [7, 11) is 0. The van der Waals surface area contributed by atoms with Gasteiger partial charge in [-0.1, -0.05) is 48.5 Å². The minimum absolute atomic E-state index is 0.146. The molecule has 0 radical (unpaired) electrons. The highest BCUT2D eigenvalue weighted by atomic mass is 16.5. The van der Waals surface area contributed by atoms with Crippen molar-refractivity contribution in [3.8, 4) is 6.07 Å². The number of nitrogens with one attached hydrogen (secondary N) is 3. The summed E-state index contributed by atoms with van der Waals surface area (Å²) < 4.78 is 5.53. The molecular formula is C30H32N6O2. The van der Waals surface area contributed by atoms with Crippen LogP contribution in [0, 0.1) is 34.5 Å². The number of carbonyl (C=O) groups is 1. The molecule has 4 aliphatic carbocycles. The molecule has 8 nitrogen and oxygen atoms in total. The van der Waals surface area contributed by atoms with Crippen LogP contribution in [0.3, 0.4) is 0 Å². The molecule has 38 heavy (non-hydrogen) atoms. The van der Waals surface area contributed by atoms with Gasteiger partial charge in [0.05, 0.1) is 6.20 Å². The Kier molecular flexibility index (Phi) is 6.59. The molecule has 3 aromatic rings. The number of ether oxygens (including phenoxy) is 1. The number of benzene rings is 2. The number of nitriles is 1. The van der Waals surface area contributed by atoms with Crippen molar-refractivity contribution in [2.24, 2.45) is 23.2 Å². The van der Waals surface area contributed by atoms with E-state index in [1.807, 2.05) is 60.7 Å². The van der Waals surface area contributed by atoms with Gasteiger partial charge in [-0.05, 0) is 73.0 Å². The zero-order chi connectivity index (χ0) is 26.0. The minimum atomic E-state index is -0.323. The summed E-state index contributed by atoms with van der Waals surface area (Å²) in [4.78, 5) is 21.6. The zero-order valence-corrected chi connectivity index (χ0v) is 21.3. The normalized spacial score (nSPS) is 26.8. The number of alkyl carbamates (subject to hydrolysis) is 1. The van der Waals surface area contributed by atoms with Crippen molar-refractivity contribution in [1.29, 1.82) is 5.26 Å². The molecule has 4 aliphatic rings. The molecule has 4 saturated carbocycles. The number of aromatic nitrogens is 2. The van der Waals surface area contributed by atoms with Gasteiger partial charge in [-0.3, -0.25) is 0 Å². The Balaban J connectivity index is 1.09. The molecule has 194 valence electrons. The lowest BCUT2D eigenvalue weighted by Crippen LogP contribution is -2.60. The van der Waals surface area contributed by atoms with E-state index in [1.54, 1.807) is 6.20 Å². The molecule has 7 rings (SSSR count). The monoisotopic (exact) mass is 508 g/mol. The van der Waals surface area contributed by atoms with Gasteiger partial charge in [0.25, 0.3) is 0 Å². The first-order valence-electron chi connectivity index (χ1n) is 13.4. The third kappa shape index (κ3) is 5.14. The largest absolute Gasteiger partial charge is 0.445 e. The summed E-state index contributed by atoms with van der Waals surface area (Å²) >= 11 is 0. The maximum atomic E-state index is 12.6. The van der Waals surface area contributed by atoms with Crippen molar-refractivity contribution < 1.29 is 9.53 Å². The molecule has 1 unspecified atom stereocenters. The fourth-order valence-corrected chi connectivity index (χ4v) is 7.13. The Hall–Kier alpha value is -4.12. The molecule has 0 saturated heterocycles. The first-order valence-corrected chi connectivity index (χ1v) is 13.4. The molecule has 4 fully saturated rings. The van der Waals surface area contributed by atoms with Crippen molar-refractivity contribution in [2.75, 3.05) is 17.2 Å². The van der Waals surface area contributed by atoms with E-state index < -0.39 is 0 Å². The van der Waals surface area contributed by atoms with Crippen molar-refractivity contribution >= 4 is 23.5 Å². The van der Waals surface area contributed by atoms with Crippen LogP contribution in [-0.2, 0) is 11.3 Å². The fourth-order valence-electron chi connectivity index (χ4n) is 7.13. The lowest BCUT2D eigenvalue weighted by Gasteiger charge is -2.60. The van der Waals surface area contributed by atoms with Crippen LogP contribution in [0.4, 0.5) is 22.2 Å². The van der Waals surface area contributed by atoms with Crippen molar-refractivity contribution in [2.45, 2.75) is 44.8 Å². The second-order valence-electron chi connectivity index (χ2n) is 11.1. The second kappa shape index (κ2) is 10.3. The van der Waals surface area contributed by atoms with E-state index in [0.29, 0.717) is 35.1 Å². The third-order valence-corrected chi connectivity index (χ3v) is 8.47. The minimum Gasteiger partial charge on any atom is -0.445 e. The highest BCUT2D eigenvalue weighted by Gasteiger charge is 2.55. The number of anilines is 3. The number of para-hydroxylation sites is 1. The van der Waals surface area contributed by atoms with E-state index in [4.69, 9.17) is 4.74 Å². The molecule has 3 N–H and O–H groups in total. The predicted molar refractivity (Wildman–Crippen MR) is 145 cm³/mol. The molecule has 0 aliphatic heterocycles. The first kappa shape index (κ1) is 24.2. The van der Waals surface area contributed by atoms with Gasteiger partial charge in [0.2, 0.25) is 5.95 Å². The summed E-state index contributed by atoms with van der Waals surface area (Å²) in [5, 5.41) is 19.6. The SMILES string of the molecule is N#Cc1cnc(Nc2ccccc2)nc1NC[C@]12CC3C[C@H](C1)[C@@H](NC(=O)OCc1ccccc1)[C@@H](C3)C2. The number of carbonyl (C=O) groups excluding carboxylic acids is 1. The van der Waals surface area contributed by atoms with E-state index in [1.165, 1.54) is 6.42 Å². The molecule has 0 spiro atoms. The van der Waals surface area contributed by atoms with Crippen LogP contribution in [0.25, 0.3) is 0 Å². The van der Waals surface area contributed by atoms with Gasteiger partial charge in [0.15, 0.2) is 0 Å². The maximum Gasteiger partial charge on any atom is 0.407 e. The van der Waals surface area contributed by atoms with E-state index in [2.05, 4.69) is 32.0 Å². The lowest BCUT2D eigenvalue weighted by atomic mass is 9.48. The quantitative estimate of drug-likeness (QED) is 0.362. The molecule has 8 heteroatoms. The van der Waals surface area contributed by atoms with Crippen LogP contribution >= 0.6 is 0 Å². The van der Waals surface area contributed by atoms with E-state index in [9.17, 15) is 10.1 Å². The van der Waals surface area contributed by atoms with Gasteiger partial charge in [-0.25, -0.2) is 9.78 Å². The van der Waals surface area contributed by atoms with Crippen LogP contribution in [0.1, 0.15) is 43.2 Å². The Bertz CT molecular complexity index is 1310. The molecule has 1 amide bonds. The van der Waals surface area contributed by atoms with Gasteiger partial charge >= 0.3 is 6.09 Å². The van der Waals surface area contributed by atoms with Gasteiger partial charge in [-0.2, -0.15) is 10.2 Å². The van der Waals surface area contributed by atoms with Gasteiger partial charge in [0.1, 0.15) is 24.1 Å². The fraction of sp³-hybridized carbons (Fsp3) is 0.400. The topological polar surface area (TPSA) is 112 Å². The second-order valence-corrected chi connectivity index (χ2v) is 11.1. The van der Waals surface area contributed by atoms with Crippen LogP contribution < -0.4 is 16.0 Å². The van der Waals surface area contributed by atoms with E-state index in [0.717, 1.165) is 43.5 Å². The summed E-state index contributed by atoms with van der Waals surface area (Å²) in [6.45, 7) is 1.05. The van der Waals surface area contributed by atoms with E-state index >= 15 is 0 Å². The molecule has 2 aromatic carbocycles. The summed E-state index contributed by atoms with van der Waals surface area (Å²) in [6, 6.07) is 21.9. The number of nitrogens with zero attached hydrogens (tertiary/aromatic N) is 3. The highest BCUT2D eigenvalue weighted by molar-refractivity contribution is 5.67. The summed E-state index contributed by atoms with van der Waals surface area (Å²) in [6.07, 6.45) is 6.85. The van der Waals surface area contributed by atoms with Gasteiger partial charge in [-0.15, -0.1) is 0 Å². The maximum absolute atomic E-state index is 12.6. The first-order chi connectivity index (χ1) is 18.6. The standard InChI is InChI=1S/C30H32N6O2/c31-16-24-17-32-28(34-25-9-5-2-6-10-25)36-27(24)33-19-30-13-21-11-22(14-30)26(23(12-21)15-30)35-29(37)38-18-20-7-3-1-4-8-20/h1-10,17,21-23,26H,11-15,18-19H2,(H,35,37)(H2,32,33,34,36)/t21?,22-,23+,26-,30-. The van der Waals surface area contributed by atoms with E-state index in [-0.39, 0.29) is 24.2 Å². The number of hydrogen-bond donors (Lipinski definition) is 3. The number of hydrogen-bond acceptors (Lipinski definition) is 7. The summed E-state index contributed by atoms with van der Waals surface area (Å²) in [5.41, 5.74) is 2.47. The van der Waals surface area contributed by atoms with Crippen LogP contribution in [-0.4, -0.2) is 28.6 Å². The Morgan fingerprint density at radius 2 is 1.74 bits per heavy atom. The molecule has 1 heterocycles. The predicted octanol–water partition coefficient (Wildman–Crippen LogP) is 5.63. The Morgan fingerprint density at radius 3 is 2.45 bits per heavy atom. The molecule has 5 atom stereocenters. The molecule has 1 aromatic heterocycles. The number of rotatable bonds is 8. The van der Waals surface area contributed by atoms with Crippen LogP contribution in [0.15, 0.2) is 66.9 Å². The van der Waals surface area contributed by atoms with Gasteiger partial charge in [0, 0.05) is 18.3 Å². The lowest BCUT2D eigenvalue weighted by molar-refractivity contribution is -0.0683. The van der Waals surface area contributed by atoms with Crippen molar-refractivity contribution in [3.05, 3.63) is 78.0 Å². The van der Waals surface area contributed by atoms with Gasteiger partial charge < -0.3 is 20.7 Å². The smallest absolute Gasteiger partial charge is 0.407 e. The van der Waals surface area contributed by atoms with Crippen molar-refractivity contribution in [3.63, 3.8) is 0 Å². The number of amides is 1. The Labute approximate surface area is 222 Å². The average Bonchev–Trinajstić information content (AvgIpc) is 2.94. The average molecular weight is 509 g/mol. The van der Waals surface area contributed by atoms with Crippen molar-refractivity contribution in [1.82, 2.24) is 15.3 Å². The highest BCUT2D eigenvalue weighted by Crippen LogP contribution is 2.60. The zero-order valence-electron chi connectivity index (χ0n) is 21.3. The third-order valence-electron chi connectivity index (χ3n) is 8.47. The van der Waals surface area contributed by atoms with Crippen LogP contribution in [0.5, 0.6) is 0 Å². The Morgan fingerprint density at radius 1 is 1.03 bits per heavy atom. The summed E-state index contributed by atoms with van der Waals surface area (Å²) in [5.74, 6) is 2.60. The molecule has 4 bridgehead atoms.